The molecule has 1 aliphatic carbocycles. The van der Waals surface area contributed by atoms with Gasteiger partial charge in [0.15, 0.2) is 11.5 Å². The third-order valence-electron chi connectivity index (χ3n) is 6.14. The molecule has 0 fully saturated rings. The van der Waals surface area contributed by atoms with Gasteiger partial charge in [-0.15, -0.1) is 11.3 Å². The molecule has 0 saturated heterocycles. The molecule has 33 heavy (non-hydrogen) atoms. The van der Waals surface area contributed by atoms with Crippen molar-refractivity contribution in [2.24, 2.45) is 5.92 Å². The quantitative estimate of drug-likeness (QED) is 0.359. The molecule has 1 heterocycles. The van der Waals surface area contributed by atoms with E-state index >= 15 is 0 Å². The van der Waals surface area contributed by atoms with E-state index in [1.807, 2.05) is 42.6 Å². The summed E-state index contributed by atoms with van der Waals surface area (Å²) in [7, 11) is 1.63. The Balaban J connectivity index is 1.27. The number of aromatic nitrogens is 1. The second kappa shape index (κ2) is 10.7. The van der Waals surface area contributed by atoms with E-state index in [1.165, 1.54) is 5.56 Å². The van der Waals surface area contributed by atoms with Gasteiger partial charge >= 0.3 is 5.97 Å². The molecule has 0 aliphatic heterocycles. The van der Waals surface area contributed by atoms with Crippen molar-refractivity contribution in [1.82, 2.24) is 4.98 Å². The van der Waals surface area contributed by atoms with E-state index < -0.39 is 5.97 Å². The van der Waals surface area contributed by atoms with Crippen molar-refractivity contribution in [3.05, 3.63) is 59.1 Å². The number of carboxylic acid groups (broad SMARTS) is 1. The fourth-order valence-electron chi connectivity index (χ4n) is 4.48. The Morgan fingerprint density at radius 1 is 1.18 bits per heavy atom. The van der Waals surface area contributed by atoms with Crippen LogP contribution in [0.3, 0.4) is 0 Å². The molecule has 7 heteroatoms. The van der Waals surface area contributed by atoms with Crippen LogP contribution in [0.25, 0.3) is 10.6 Å². The first-order valence-electron chi connectivity index (χ1n) is 11.3. The first-order chi connectivity index (χ1) is 16.1. The van der Waals surface area contributed by atoms with Gasteiger partial charge in [-0.2, -0.15) is 0 Å². The Morgan fingerprint density at radius 2 is 2.03 bits per heavy atom. The lowest BCUT2D eigenvalue weighted by Crippen LogP contribution is -2.19. The molecule has 0 saturated carbocycles. The summed E-state index contributed by atoms with van der Waals surface area (Å²) in [6.45, 7) is 2.99. The second-order valence-corrected chi connectivity index (χ2v) is 9.01. The molecule has 0 radical (unpaired) electrons. The summed E-state index contributed by atoms with van der Waals surface area (Å²) in [6.07, 6.45) is 4.96. The standard InChI is InChI=1S/C26H29NO5S/c1-3-20(26(28)29)22-8-5-17-15-19(7-9-21(17)22)31-12-4-13-32-23-10-6-18(16-24(23)30-2)25-27-11-14-33-25/h6-7,9-11,14-16,20,22H,3-5,8,12-13H2,1-2H3,(H,28,29)/t20?,22-/m0/s1. The summed E-state index contributed by atoms with van der Waals surface area (Å²) in [6, 6.07) is 11.9. The monoisotopic (exact) mass is 467 g/mol. The molecule has 3 aromatic rings. The highest BCUT2D eigenvalue weighted by Crippen LogP contribution is 2.41. The van der Waals surface area contributed by atoms with E-state index in [2.05, 4.69) is 11.1 Å². The molecular weight excluding hydrogens is 438 g/mol. The van der Waals surface area contributed by atoms with Gasteiger partial charge in [0.2, 0.25) is 0 Å². The third-order valence-corrected chi connectivity index (χ3v) is 6.96. The van der Waals surface area contributed by atoms with Crippen LogP contribution in [0.15, 0.2) is 48.0 Å². The van der Waals surface area contributed by atoms with Gasteiger partial charge < -0.3 is 19.3 Å². The lowest BCUT2D eigenvalue weighted by atomic mass is 9.85. The zero-order valence-corrected chi connectivity index (χ0v) is 19.8. The van der Waals surface area contributed by atoms with Crippen LogP contribution < -0.4 is 14.2 Å². The van der Waals surface area contributed by atoms with E-state index in [0.717, 1.165) is 41.1 Å². The van der Waals surface area contributed by atoms with Crippen molar-refractivity contribution in [3.8, 4) is 27.8 Å². The van der Waals surface area contributed by atoms with E-state index in [-0.39, 0.29) is 11.8 Å². The van der Waals surface area contributed by atoms with E-state index in [1.54, 1.807) is 24.6 Å². The van der Waals surface area contributed by atoms with Crippen LogP contribution in [0.1, 0.15) is 43.2 Å². The molecule has 0 bridgehead atoms. The average molecular weight is 468 g/mol. The van der Waals surface area contributed by atoms with Gasteiger partial charge in [-0.1, -0.05) is 13.0 Å². The van der Waals surface area contributed by atoms with E-state index in [4.69, 9.17) is 14.2 Å². The van der Waals surface area contributed by atoms with Crippen LogP contribution in [-0.4, -0.2) is 36.4 Å². The minimum atomic E-state index is -0.704. The number of carboxylic acids is 1. The highest BCUT2D eigenvalue weighted by Gasteiger charge is 2.33. The molecule has 1 unspecified atom stereocenters. The maximum Gasteiger partial charge on any atom is 0.307 e. The molecule has 1 aromatic heterocycles. The summed E-state index contributed by atoms with van der Waals surface area (Å²) >= 11 is 1.58. The molecule has 6 nitrogen and oxygen atoms in total. The molecule has 1 N–H and O–H groups in total. The molecule has 4 rings (SSSR count). The summed E-state index contributed by atoms with van der Waals surface area (Å²) in [5.74, 6) is 1.28. The van der Waals surface area contributed by atoms with Gasteiger partial charge in [-0.25, -0.2) is 4.98 Å². The Labute approximate surface area is 198 Å². The van der Waals surface area contributed by atoms with Crippen LogP contribution in [0.5, 0.6) is 17.2 Å². The normalized spacial score (nSPS) is 15.6. The lowest BCUT2D eigenvalue weighted by Gasteiger charge is -2.19. The summed E-state index contributed by atoms with van der Waals surface area (Å²) in [5, 5.41) is 12.4. The Bertz CT molecular complexity index is 1080. The number of aliphatic carboxylic acids is 1. The number of hydrogen-bond donors (Lipinski definition) is 1. The Hall–Kier alpha value is -3.06. The molecule has 0 spiro atoms. The molecule has 0 amide bonds. The number of methoxy groups -OCH3 is 1. The molecule has 2 aromatic carbocycles. The van der Waals surface area contributed by atoms with Gasteiger partial charge in [0, 0.05) is 23.6 Å². The number of aryl methyl sites for hydroxylation is 1. The van der Waals surface area contributed by atoms with Crippen LogP contribution in [-0.2, 0) is 11.2 Å². The molecule has 1 aliphatic rings. The van der Waals surface area contributed by atoms with Crippen molar-refractivity contribution < 1.29 is 24.1 Å². The smallest absolute Gasteiger partial charge is 0.307 e. The molecule has 2 atom stereocenters. The van der Waals surface area contributed by atoms with Crippen LogP contribution >= 0.6 is 11.3 Å². The highest BCUT2D eigenvalue weighted by molar-refractivity contribution is 7.13. The van der Waals surface area contributed by atoms with E-state index in [0.29, 0.717) is 31.1 Å². The fourth-order valence-corrected chi connectivity index (χ4v) is 5.12. The zero-order valence-electron chi connectivity index (χ0n) is 19.0. The highest BCUT2D eigenvalue weighted by atomic mass is 32.1. The first-order valence-corrected chi connectivity index (χ1v) is 12.2. The molecule has 174 valence electrons. The predicted octanol–water partition coefficient (Wildman–Crippen LogP) is 5.81. The van der Waals surface area contributed by atoms with Crippen LogP contribution in [0.2, 0.25) is 0 Å². The fraction of sp³-hybridized carbons (Fsp3) is 0.385. The van der Waals surface area contributed by atoms with Gasteiger partial charge in [0.1, 0.15) is 10.8 Å². The summed E-state index contributed by atoms with van der Waals surface area (Å²) < 4.78 is 17.3. The van der Waals surface area contributed by atoms with Crippen molar-refractivity contribution in [2.45, 2.75) is 38.5 Å². The number of thiazole rings is 1. The van der Waals surface area contributed by atoms with Crippen molar-refractivity contribution in [1.29, 1.82) is 0 Å². The summed E-state index contributed by atoms with van der Waals surface area (Å²) in [5.41, 5.74) is 3.37. The maximum atomic E-state index is 11.6. The minimum absolute atomic E-state index is 0.0990. The van der Waals surface area contributed by atoms with Crippen LogP contribution in [0, 0.1) is 5.92 Å². The predicted molar refractivity (Wildman–Crippen MR) is 129 cm³/mol. The van der Waals surface area contributed by atoms with Gasteiger partial charge in [-0.05, 0) is 66.6 Å². The van der Waals surface area contributed by atoms with Crippen molar-refractivity contribution >= 4 is 17.3 Å². The average Bonchev–Trinajstić information content (AvgIpc) is 3.50. The van der Waals surface area contributed by atoms with Crippen LogP contribution in [0.4, 0.5) is 0 Å². The largest absolute Gasteiger partial charge is 0.493 e. The lowest BCUT2D eigenvalue weighted by molar-refractivity contribution is -0.142. The number of fused-ring (bicyclic) bond motifs is 1. The Morgan fingerprint density at radius 3 is 2.76 bits per heavy atom. The topological polar surface area (TPSA) is 77.9 Å². The van der Waals surface area contributed by atoms with Gasteiger partial charge in [0.05, 0.1) is 26.2 Å². The number of benzene rings is 2. The third kappa shape index (κ3) is 5.30. The number of ether oxygens (including phenoxy) is 3. The number of rotatable bonds is 11. The number of nitrogens with zero attached hydrogens (tertiary/aromatic N) is 1. The molecular formula is C26H29NO5S. The zero-order chi connectivity index (χ0) is 23.2. The van der Waals surface area contributed by atoms with E-state index in [9.17, 15) is 9.90 Å². The number of carbonyl (C=O) groups is 1. The summed E-state index contributed by atoms with van der Waals surface area (Å²) in [4.78, 5) is 15.9. The van der Waals surface area contributed by atoms with Gasteiger partial charge in [0.25, 0.3) is 0 Å². The maximum absolute atomic E-state index is 11.6. The SMILES string of the molecule is CCC(C(=O)O)[C@@H]1CCc2cc(OCCCOc3ccc(-c4nccs4)cc3OC)ccc21. The first kappa shape index (κ1) is 23.1. The Kier molecular flexibility index (Phi) is 7.50. The second-order valence-electron chi connectivity index (χ2n) is 8.11. The minimum Gasteiger partial charge on any atom is -0.493 e. The van der Waals surface area contributed by atoms with Crippen molar-refractivity contribution in [2.75, 3.05) is 20.3 Å². The van der Waals surface area contributed by atoms with Gasteiger partial charge in [-0.3, -0.25) is 4.79 Å². The van der Waals surface area contributed by atoms with Crippen molar-refractivity contribution in [3.63, 3.8) is 0 Å². The number of hydrogen-bond acceptors (Lipinski definition) is 6.